The number of nitrogens with one attached hydrogen (secondary N) is 2. The van der Waals surface area contributed by atoms with Crippen LogP contribution in [0.1, 0.15) is 69.9 Å². The summed E-state index contributed by atoms with van der Waals surface area (Å²) in [5, 5.41) is 5.77. The zero-order valence-corrected chi connectivity index (χ0v) is 22.8. The Bertz CT molecular complexity index is 1250. The summed E-state index contributed by atoms with van der Waals surface area (Å²) in [5.41, 5.74) is 10.4. The minimum absolute atomic E-state index is 0.00286. The molecule has 1 saturated carbocycles. The highest BCUT2D eigenvalue weighted by Crippen LogP contribution is 2.44. The number of primary amides is 1. The molecule has 8 nitrogen and oxygen atoms in total. The molecule has 1 unspecified atom stereocenters. The maximum absolute atomic E-state index is 12.5. The van der Waals surface area contributed by atoms with E-state index in [0.29, 0.717) is 31.5 Å². The molecular formula is C31H37N3O5. The quantitative estimate of drug-likeness (QED) is 0.237. The molecule has 4 rings (SSSR count). The number of benzene rings is 2. The smallest absolute Gasteiger partial charge is 0.407 e. The third kappa shape index (κ3) is 6.56. The number of hydrogen-bond acceptors (Lipinski definition) is 6. The number of ether oxygens (including phenoxy) is 1. The highest BCUT2D eigenvalue weighted by molar-refractivity contribution is 6.22. The van der Waals surface area contributed by atoms with E-state index in [9.17, 15) is 19.2 Å². The lowest BCUT2D eigenvalue weighted by Crippen LogP contribution is -2.42. The van der Waals surface area contributed by atoms with E-state index in [1.54, 1.807) is 6.92 Å². The third-order valence-electron chi connectivity index (χ3n) is 7.48. The molecule has 0 spiro atoms. The number of nitrogens with two attached hydrogens (primary N) is 1. The maximum atomic E-state index is 12.5. The molecule has 39 heavy (non-hydrogen) atoms. The van der Waals surface area contributed by atoms with Crippen LogP contribution in [0.3, 0.4) is 0 Å². The number of hydrogen-bond donors (Lipinski definition) is 3. The van der Waals surface area contributed by atoms with Crippen molar-refractivity contribution in [2.75, 3.05) is 13.2 Å². The third-order valence-corrected chi connectivity index (χ3v) is 7.48. The molecule has 8 heteroatoms. The Morgan fingerprint density at radius 1 is 0.974 bits per heavy atom. The van der Waals surface area contributed by atoms with Gasteiger partial charge in [-0.2, -0.15) is 0 Å². The van der Waals surface area contributed by atoms with Gasteiger partial charge in [0.2, 0.25) is 5.91 Å². The molecule has 2 aliphatic carbocycles. The minimum atomic E-state index is -0.720. The molecule has 2 aromatic carbocycles. The Kier molecular flexibility index (Phi) is 8.53. The van der Waals surface area contributed by atoms with Crippen LogP contribution in [-0.4, -0.2) is 42.8 Å². The summed E-state index contributed by atoms with van der Waals surface area (Å²) in [4.78, 5) is 49.5. The predicted octanol–water partition coefficient (Wildman–Crippen LogP) is 4.37. The number of carbonyl (C=O) groups is 4. The van der Waals surface area contributed by atoms with Gasteiger partial charge >= 0.3 is 6.09 Å². The van der Waals surface area contributed by atoms with Gasteiger partial charge in [0.1, 0.15) is 12.6 Å². The second-order valence-corrected chi connectivity index (χ2v) is 11.2. The van der Waals surface area contributed by atoms with Crippen molar-refractivity contribution >= 4 is 23.6 Å². The van der Waals surface area contributed by atoms with E-state index in [4.69, 9.17) is 10.5 Å². The first-order valence-electron chi connectivity index (χ1n) is 13.5. The van der Waals surface area contributed by atoms with Crippen LogP contribution in [0.4, 0.5) is 4.79 Å². The molecule has 0 heterocycles. The van der Waals surface area contributed by atoms with Gasteiger partial charge in [-0.15, -0.1) is 0 Å². The van der Waals surface area contributed by atoms with Crippen molar-refractivity contribution in [2.45, 2.75) is 64.8 Å². The molecule has 0 aromatic heterocycles. The van der Waals surface area contributed by atoms with Crippen molar-refractivity contribution in [3.05, 3.63) is 70.9 Å². The number of unbranched alkanes of at least 4 members (excludes halogenated alkanes) is 1. The van der Waals surface area contributed by atoms with Crippen LogP contribution >= 0.6 is 0 Å². The van der Waals surface area contributed by atoms with Crippen LogP contribution in [-0.2, 0) is 19.1 Å². The van der Waals surface area contributed by atoms with E-state index in [0.717, 1.165) is 11.1 Å². The fraction of sp³-hybridized carbons (Fsp3) is 0.419. The highest BCUT2D eigenvalue weighted by atomic mass is 16.5. The monoisotopic (exact) mass is 531 g/mol. The Labute approximate surface area is 229 Å². The number of alkyl carbamates (subject to hydrolysis) is 1. The summed E-state index contributed by atoms with van der Waals surface area (Å²) in [6.45, 7) is 6.05. The number of allylic oxidation sites excluding steroid dienone is 2. The lowest BCUT2D eigenvalue weighted by molar-refractivity contribution is -0.127. The van der Waals surface area contributed by atoms with E-state index in [1.807, 2.05) is 38.1 Å². The normalized spacial score (nSPS) is 16.7. The van der Waals surface area contributed by atoms with Crippen LogP contribution in [0.25, 0.3) is 11.1 Å². The van der Waals surface area contributed by atoms with E-state index in [-0.39, 0.29) is 47.9 Å². The molecule has 0 saturated heterocycles. The number of fused-ring (bicyclic) bond motifs is 3. The molecule has 2 aliphatic rings. The average molecular weight is 532 g/mol. The van der Waals surface area contributed by atoms with Gasteiger partial charge in [0, 0.05) is 31.0 Å². The molecule has 2 aromatic rings. The van der Waals surface area contributed by atoms with Gasteiger partial charge in [-0.05, 0) is 53.9 Å². The van der Waals surface area contributed by atoms with Crippen molar-refractivity contribution in [2.24, 2.45) is 11.1 Å². The van der Waals surface area contributed by atoms with Crippen LogP contribution in [0.15, 0.2) is 59.8 Å². The fourth-order valence-corrected chi connectivity index (χ4v) is 5.61. The molecule has 1 fully saturated rings. The van der Waals surface area contributed by atoms with E-state index in [2.05, 4.69) is 34.9 Å². The van der Waals surface area contributed by atoms with Gasteiger partial charge in [0.15, 0.2) is 11.6 Å². The molecular weight excluding hydrogens is 494 g/mol. The molecule has 4 N–H and O–H groups in total. The zero-order chi connectivity index (χ0) is 28.2. The maximum Gasteiger partial charge on any atom is 0.407 e. The number of carbonyl (C=O) groups excluding carboxylic acids is 4. The molecule has 206 valence electrons. The minimum Gasteiger partial charge on any atom is -0.449 e. The molecule has 0 aliphatic heterocycles. The van der Waals surface area contributed by atoms with Crippen LogP contribution in [0, 0.1) is 5.41 Å². The topological polar surface area (TPSA) is 128 Å². The van der Waals surface area contributed by atoms with E-state index >= 15 is 0 Å². The first-order valence-corrected chi connectivity index (χ1v) is 13.5. The van der Waals surface area contributed by atoms with Crippen LogP contribution < -0.4 is 16.4 Å². The van der Waals surface area contributed by atoms with Crippen molar-refractivity contribution in [1.29, 1.82) is 0 Å². The number of rotatable bonds is 10. The second-order valence-electron chi connectivity index (χ2n) is 11.2. The molecule has 0 radical (unpaired) electrons. The van der Waals surface area contributed by atoms with Crippen molar-refractivity contribution in [1.82, 2.24) is 10.6 Å². The summed E-state index contributed by atoms with van der Waals surface area (Å²) < 4.78 is 5.55. The highest BCUT2D eigenvalue weighted by Gasteiger charge is 2.37. The SMILES string of the molecule is CC(NC(CCCCNC(=O)OCC1c2ccccc2-c2ccccc21)C(N)=O)=C1C(=O)CC(C)(C)CC1=O. The lowest BCUT2D eigenvalue weighted by Gasteiger charge is -2.30. The Hall–Kier alpha value is -3.94. The number of amides is 2. The van der Waals surface area contributed by atoms with Gasteiger partial charge in [0.05, 0.1) is 5.57 Å². The molecule has 1 atom stereocenters. The Morgan fingerprint density at radius 2 is 1.54 bits per heavy atom. The second kappa shape index (κ2) is 11.8. The van der Waals surface area contributed by atoms with Crippen molar-refractivity contribution < 1.29 is 23.9 Å². The standard InChI is InChI=1S/C31H37N3O5/c1-19(28-26(35)16-31(2,3)17-27(28)36)34-25(29(32)37)14-8-9-15-33-30(38)39-18-24-22-12-6-4-10-20(22)21-11-5-7-13-23(21)24/h4-7,10-13,24-25,34H,8-9,14-18H2,1-3H3,(H2,32,37)(H,33,38). The van der Waals surface area contributed by atoms with Gasteiger partial charge < -0.3 is 21.1 Å². The van der Waals surface area contributed by atoms with Crippen molar-refractivity contribution in [3.8, 4) is 11.1 Å². The largest absolute Gasteiger partial charge is 0.449 e. The number of ketones is 2. The summed E-state index contributed by atoms with van der Waals surface area (Å²) >= 11 is 0. The first kappa shape index (κ1) is 28.1. The summed E-state index contributed by atoms with van der Waals surface area (Å²) in [5.74, 6) is -0.985. The number of Topliss-reactive ketones (excluding diaryl/α,β-unsaturated/α-hetero) is 2. The van der Waals surface area contributed by atoms with Gasteiger partial charge in [-0.25, -0.2) is 4.79 Å². The van der Waals surface area contributed by atoms with Gasteiger partial charge in [-0.1, -0.05) is 62.4 Å². The van der Waals surface area contributed by atoms with Crippen LogP contribution in [0.5, 0.6) is 0 Å². The predicted molar refractivity (Wildman–Crippen MR) is 149 cm³/mol. The first-order chi connectivity index (χ1) is 18.6. The molecule has 2 amide bonds. The van der Waals surface area contributed by atoms with Crippen molar-refractivity contribution in [3.63, 3.8) is 0 Å². The van der Waals surface area contributed by atoms with Crippen LogP contribution in [0.2, 0.25) is 0 Å². The molecule has 0 bridgehead atoms. The van der Waals surface area contributed by atoms with E-state index in [1.165, 1.54) is 11.1 Å². The zero-order valence-electron chi connectivity index (χ0n) is 22.8. The van der Waals surface area contributed by atoms with E-state index < -0.39 is 18.0 Å². The summed E-state index contributed by atoms with van der Waals surface area (Å²) in [6, 6.07) is 15.6. The summed E-state index contributed by atoms with van der Waals surface area (Å²) in [7, 11) is 0. The Morgan fingerprint density at radius 3 is 2.10 bits per heavy atom. The Balaban J connectivity index is 1.22. The van der Waals surface area contributed by atoms with Gasteiger partial charge in [-0.3, -0.25) is 14.4 Å². The fourth-order valence-electron chi connectivity index (χ4n) is 5.61. The lowest BCUT2D eigenvalue weighted by atomic mass is 9.73. The summed E-state index contributed by atoms with van der Waals surface area (Å²) in [6.07, 6.45) is 1.70. The van der Waals surface area contributed by atoms with Gasteiger partial charge in [0.25, 0.3) is 0 Å². The average Bonchev–Trinajstić information content (AvgIpc) is 3.19.